The Balaban J connectivity index is 2.05. The van der Waals surface area contributed by atoms with Crippen molar-refractivity contribution in [3.8, 4) is 5.75 Å². The molecule has 0 saturated heterocycles. The number of hydrazine groups is 1. The van der Waals surface area contributed by atoms with Crippen molar-refractivity contribution < 1.29 is 9.13 Å². The molecule has 0 aliphatic heterocycles. The van der Waals surface area contributed by atoms with E-state index in [-0.39, 0.29) is 11.9 Å². The van der Waals surface area contributed by atoms with Crippen molar-refractivity contribution in [2.75, 3.05) is 6.61 Å². The Morgan fingerprint density at radius 3 is 2.55 bits per heavy atom. The van der Waals surface area contributed by atoms with Crippen LogP contribution in [-0.2, 0) is 0 Å². The molecule has 0 bridgehead atoms. The van der Waals surface area contributed by atoms with E-state index in [1.165, 1.54) is 6.07 Å². The highest BCUT2D eigenvalue weighted by atomic mass is 35.5. The summed E-state index contributed by atoms with van der Waals surface area (Å²) < 4.78 is 18.9. The van der Waals surface area contributed by atoms with E-state index in [0.717, 1.165) is 5.56 Å². The Bertz CT molecular complexity index is 575. The normalized spacial score (nSPS) is 12.2. The first-order chi connectivity index (χ1) is 9.60. The van der Waals surface area contributed by atoms with Gasteiger partial charge in [0.05, 0.1) is 6.04 Å². The van der Waals surface area contributed by atoms with E-state index in [0.29, 0.717) is 22.9 Å². The second-order valence-corrected chi connectivity index (χ2v) is 4.93. The van der Waals surface area contributed by atoms with Gasteiger partial charge in [-0.05, 0) is 48.4 Å². The third-order valence-corrected chi connectivity index (χ3v) is 3.27. The highest BCUT2D eigenvalue weighted by Crippen LogP contribution is 2.20. The molecule has 0 amide bonds. The van der Waals surface area contributed by atoms with Gasteiger partial charge in [0, 0.05) is 5.02 Å². The minimum absolute atomic E-state index is 0.218. The molecule has 2 rings (SSSR count). The summed E-state index contributed by atoms with van der Waals surface area (Å²) in [6.45, 7) is 2.05. The van der Waals surface area contributed by atoms with Gasteiger partial charge in [0.2, 0.25) is 0 Å². The van der Waals surface area contributed by atoms with Crippen molar-refractivity contribution in [3.05, 3.63) is 64.4 Å². The number of nitrogens with one attached hydrogen (secondary N) is 1. The lowest BCUT2D eigenvalue weighted by Crippen LogP contribution is -2.32. The highest BCUT2D eigenvalue weighted by Gasteiger charge is 2.12. The van der Waals surface area contributed by atoms with E-state index in [2.05, 4.69) is 5.43 Å². The number of hydrogen-bond acceptors (Lipinski definition) is 3. The maximum atomic E-state index is 13.3. The summed E-state index contributed by atoms with van der Waals surface area (Å²) in [6.07, 6.45) is 0. The molecule has 3 N–H and O–H groups in total. The molecule has 0 heterocycles. The van der Waals surface area contributed by atoms with E-state index in [1.807, 2.05) is 0 Å². The Labute approximate surface area is 122 Å². The molecular formula is C15H16ClFN2O. The van der Waals surface area contributed by atoms with Gasteiger partial charge in [-0.25, -0.2) is 9.82 Å². The van der Waals surface area contributed by atoms with Crippen LogP contribution in [0.15, 0.2) is 42.5 Å². The number of aryl methyl sites for hydroxylation is 1. The van der Waals surface area contributed by atoms with Gasteiger partial charge < -0.3 is 4.74 Å². The van der Waals surface area contributed by atoms with Crippen LogP contribution in [0.1, 0.15) is 17.2 Å². The summed E-state index contributed by atoms with van der Waals surface area (Å²) in [5.41, 5.74) is 4.13. The summed E-state index contributed by atoms with van der Waals surface area (Å²) >= 11 is 5.81. The molecule has 0 spiro atoms. The van der Waals surface area contributed by atoms with E-state index < -0.39 is 0 Å². The number of benzene rings is 2. The Morgan fingerprint density at radius 2 is 1.95 bits per heavy atom. The fourth-order valence-electron chi connectivity index (χ4n) is 1.84. The largest absolute Gasteiger partial charge is 0.492 e. The van der Waals surface area contributed by atoms with Crippen molar-refractivity contribution >= 4 is 11.6 Å². The summed E-state index contributed by atoms with van der Waals surface area (Å²) in [5.74, 6) is 6.01. The second-order valence-electron chi connectivity index (χ2n) is 4.49. The molecule has 0 aliphatic carbocycles. The molecule has 2 aromatic carbocycles. The summed E-state index contributed by atoms with van der Waals surface area (Å²) in [7, 11) is 0. The van der Waals surface area contributed by atoms with Crippen LogP contribution < -0.4 is 16.0 Å². The van der Waals surface area contributed by atoms with Gasteiger partial charge in [-0.15, -0.1) is 0 Å². The van der Waals surface area contributed by atoms with Crippen molar-refractivity contribution in [3.63, 3.8) is 0 Å². The Kier molecular flexibility index (Phi) is 4.95. The van der Waals surface area contributed by atoms with Crippen molar-refractivity contribution in [2.24, 2.45) is 5.84 Å². The van der Waals surface area contributed by atoms with Gasteiger partial charge in [0.25, 0.3) is 0 Å². The zero-order valence-corrected chi connectivity index (χ0v) is 11.8. The molecule has 20 heavy (non-hydrogen) atoms. The highest BCUT2D eigenvalue weighted by molar-refractivity contribution is 6.30. The number of hydrogen-bond donors (Lipinski definition) is 2. The van der Waals surface area contributed by atoms with Crippen LogP contribution in [0.25, 0.3) is 0 Å². The molecule has 2 aromatic rings. The van der Waals surface area contributed by atoms with Crippen LogP contribution in [0, 0.1) is 12.7 Å². The van der Waals surface area contributed by atoms with Crippen molar-refractivity contribution in [1.29, 1.82) is 0 Å². The number of halogens is 2. The van der Waals surface area contributed by atoms with Crippen LogP contribution in [0.3, 0.4) is 0 Å². The molecular weight excluding hydrogens is 279 g/mol. The monoisotopic (exact) mass is 294 g/mol. The van der Waals surface area contributed by atoms with Gasteiger partial charge in [-0.1, -0.05) is 23.7 Å². The standard InChI is InChI=1S/C15H16ClFN2O/c1-10-8-11(2-7-14(10)17)15(19-18)9-20-13-5-3-12(16)4-6-13/h2-8,15,19H,9,18H2,1H3. The number of nitrogens with two attached hydrogens (primary N) is 1. The van der Waals surface area contributed by atoms with E-state index in [1.54, 1.807) is 43.3 Å². The molecule has 0 radical (unpaired) electrons. The van der Waals surface area contributed by atoms with E-state index in [4.69, 9.17) is 22.2 Å². The third kappa shape index (κ3) is 3.70. The average molecular weight is 295 g/mol. The zero-order chi connectivity index (χ0) is 14.5. The van der Waals surface area contributed by atoms with Crippen LogP contribution in [0.4, 0.5) is 4.39 Å². The topological polar surface area (TPSA) is 47.3 Å². The molecule has 106 valence electrons. The smallest absolute Gasteiger partial charge is 0.126 e. The Morgan fingerprint density at radius 1 is 1.25 bits per heavy atom. The molecule has 0 aliphatic rings. The molecule has 0 aromatic heterocycles. The van der Waals surface area contributed by atoms with Crippen LogP contribution >= 0.6 is 11.6 Å². The first-order valence-electron chi connectivity index (χ1n) is 6.20. The minimum Gasteiger partial charge on any atom is -0.492 e. The summed E-state index contributed by atoms with van der Waals surface area (Å²) in [5, 5.41) is 0.653. The van der Waals surface area contributed by atoms with E-state index in [9.17, 15) is 4.39 Å². The van der Waals surface area contributed by atoms with Gasteiger partial charge in [-0.2, -0.15) is 0 Å². The van der Waals surface area contributed by atoms with Gasteiger partial charge >= 0.3 is 0 Å². The van der Waals surface area contributed by atoms with Crippen molar-refractivity contribution in [1.82, 2.24) is 5.43 Å². The second kappa shape index (κ2) is 6.70. The lowest BCUT2D eigenvalue weighted by molar-refractivity contribution is 0.267. The van der Waals surface area contributed by atoms with E-state index >= 15 is 0 Å². The predicted octanol–water partition coefficient (Wildman–Crippen LogP) is 3.37. The fourth-order valence-corrected chi connectivity index (χ4v) is 1.96. The van der Waals surface area contributed by atoms with Crippen LogP contribution in [0.2, 0.25) is 5.02 Å². The molecule has 3 nitrogen and oxygen atoms in total. The maximum absolute atomic E-state index is 13.3. The van der Waals surface area contributed by atoms with Gasteiger partial charge in [0.1, 0.15) is 18.2 Å². The van der Waals surface area contributed by atoms with Crippen LogP contribution in [0.5, 0.6) is 5.75 Å². The lowest BCUT2D eigenvalue weighted by atomic mass is 10.1. The molecule has 0 saturated carbocycles. The summed E-state index contributed by atoms with van der Waals surface area (Å²) in [6, 6.07) is 11.7. The van der Waals surface area contributed by atoms with Gasteiger partial charge in [-0.3, -0.25) is 5.84 Å². The molecule has 5 heteroatoms. The average Bonchev–Trinajstić information content (AvgIpc) is 2.45. The Hall–Kier alpha value is -1.62. The predicted molar refractivity (Wildman–Crippen MR) is 78.1 cm³/mol. The minimum atomic E-state index is -0.233. The third-order valence-electron chi connectivity index (χ3n) is 3.02. The zero-order valence-electron chi connectivity index (χ0n) is 11.1. The molecule has 1 atom stereocenters. The first kappa shape index (κ1) is 14.8. The molecule has 1 unspecified atom stereocenters. The fraction of sp³-hybridized carbons (Fsp3) is 0.200. The number of ether oxygens (including phenoxy) is 1. The molecule has 0 fully saturated rings. The van der Waals surface area contributed by atoms with Gasteiger partial charge in [0.15, 0.2) is 0 Å². The summed E-state index contributed by atoms with van der Waals surface area (Å²) in [4.78, 5) is 0. The quantitative estimate of drug-likeness (QED) is 0.656. The SMILES string of the molecule is Cc1cc(C(COc2ccc(Cl)cc2)NN)ccc1F. The lowest BCUT2D eigenvalue weighted by Gasteiger charge is -2.18. The first-order valence-corrected chi connectivity index (χ1v) is 6.58. The van der Waals surface area contributed by atoms with Crippen molar-refractivity contribution in [2.45, 2.75) is 13.0 Å². The maximum Gasteiger partial charge on any atom is 0.126 e. The number of rotatable bonds is 5. The van der Waals surface area contributed by atoms with Crippen LogP contribution in [-0.4, -0.2) is 6.61 Å².